The third-order valence-electron chi connectivity index (χ3n) is 3.79. The highest BCUT2D eigenvalue weighted by Gasteiger charge is 2.18. The van der Waals surface area contributed by atoms with Crippen molar-refractivity contribution < 1.29 is 4.79 Å². The van der Waals surface area contributed by atoms with Crippen molar-refractivity contribution in [2.75, 3.05) is 19.6 Å². The van der Waals surface area contributed by atoms with Crippen molar-refractivity contribution >= 4 is 5.78 Å². The Balaban J connectivity index is 1.94. The van der Waals surface area contributed by atoms with E-state index in [0.29, 0.717) is 6.54 Å². The third-order valence-corrected chi connectivity index (χ3v) is 3.79. The van der Waals surface area contributed by atoms with Crippen LogP contribution < -0.4 is 0 Å². The predicted molar refractivity (Wildman–Crippen MR) is 75.0 cm³/mol. The third kappa shape index (κ3) is 3.42. The van der Waals surface area contributed by atoms with E-state index in [4.69, 9.17) is 0 Å². The lowest BCUT2D eigenvalue weighted by atomic mass is 9.99. The number of nitrogens with zero attached hydrogens (tertiary/aromatic N) is 1. The number of hydrogen-bond acceptors (Lipinski definition) is 2. The minimum Gasteiger partial charge on any atom is -0.296 e. The van der Waals surface area contributed by atoms with E-state index >= 15 is 0 Å². The molecule has 2 heteroatoms. The largest absolute Gasteiger partial charge is 0.296 e. The van der Waals surface area contributed by atoms with Crippen molar-refractivity contribution in [3.63, 3.8) is 0 Å². The van der Waals surface area contributed by atoms with Crippen LogP contribution in [0.5, 0.6) is 0 Å². The molecule has 1 aromatic carbocycles. The van der Waals surface area contributed by atoms with Gasteiger partial charge in [-0.15, -0.1) is 0 Å². The molecule has 0 aliphatic carbocycles. The molecule has 0 spiro atoms. The maximum Gasteiger partial charge on any atom is 0.176 e. The summed E-state index contributed by atoms with van der Waals surface area (Å²) in [5.74, 6) is 0.987. The molecule has 1 unspecified atom stereocenters. The van der Waals surface area contributed by atoms with Crippen molar-refractivity contribution in [2.45, 2.75) is 33.1 Å². The van der Waals surface area contributed by atoms with Crippen LogP contribution in [0.3, 0.4) is 0 Å². The van der Waals surface area contributed by atoms with Crippen LogP contribution in [-0.4, -0.2) is 30.3 Å². The standard InChI is InChI=1S/C16H23NO/c1-3-14-6-8-15(9-7-14)16(18)12-17-10-4-5-13(2)11-17/h6-9,13H,3-5,10-12H2,1-2H3. The van der Waals surface area contributed by atoms with Gasteiger partial charge in [0.05, 0.1) is 6.54 Å². The first kappa shape index (κ1) is 13.3. The molecule has 0 radical (unpaired) electrons. The number of carbonyl (C=O) groups is 1. The number of ketones is 1. The molecule has 2 rings (SSSR count). The van der Waals surface area contributed by atoms with Crippen molar-refractivity contribution in [3.05, 3.63) is 35.4 Å². The monoisotopic (exact) mass is 245 g/mol. The lowest BCUT2D eigenvalue weighted by molar-refractivity contribution is 0.0893. The summed E-state index contributed by atoms with van der Waals surface area (Å²) in [5.41, 5.74) is 2.14. The molecule has 18 heavy (non-hydrogen) atoms. The Morgan fingerprint density at radius 2 is 2.06 bits per heavy atom. The van der Waals surface area contributed by atoms with Crippen LogP contribution in [-0.2, 0) is 6.42 Å². The maximum atomic E-state index is 12.2. The molecule has 1 aromatic rings. The van der Waals surface area contributed by atoms with Gasteiger partial charge in [-0.1, -0.05) is 38.1 Å². The molecule has 1 aliphatic rings. The van der Waals surface area contributed by atoms with E-state index in [9.17, 15) is 4.79 Å². The van der Waals surface area contributed by atoms with Crippen LogP contribution in [0.1, 0.15) is 42.6 Å². The van der Waals surface area contributed by atoms with E-state index in [0.717, 1.165) is 31.0 Å². The maximum absolute atomic E-state index is 12.2. The topological polar surface area (TPSA) is 20.3 Å². The molecule has 0 aromatic heterocycles. The fourth-order valence-corrected chi connectivity index (χ4v) is 2.65. The van der Waals surface area contributed by atoms with Crippen molar-refractivity contribution in [1.82, 2.24) is 4.90 Å². The number of aryl methyl sites for hydroxylation is 1. The number of piperidine rings is 1. The molecule has 0 bridgehead atoms. The summed E-state index contributed by atoms with van der Waals surface area (Å²) in [7, 11) is 0. The number of benzene rings is 1. The highest BCUT2D eigenvalue weighted by atomic mass is 16.1. The first-order chi connectivity index (χ1) is 8.69. The molecule has 1 fully saturated rings. The Bertz CT molecular complexity index is 396. The molecule has 0 saturated carbocycles. The second-order valence-corrected chi connectivity index (χ2v) is 5.46. The van der Waals surface area contributed by atoms with E-state index in [2.05, 4.69) is 30.9 Å². The number of likely N-dealkylation sites (tertiary alicyclic amines) is 1. The molecule has 0 amide bonds. The number of carbonyl (C=O) groups excluding carboxylic acids is 1. The van der Waals surface area contributed by atoms with Crippen molar-refractivity contribution in [3.8, 4) is 0 Å². The van der Waals surface area contributed by atoms with E-state index in [1.165, 1.54) is 18.4 Å². The molecule has 1 atom stereocenters. The van der Waals surface area contributed by atoms with Gasteiger partial charge in [0.25, 0.3) is 0 Å². The van der Waals surface area contributed by atoms with E-state index in [-0.39, 0.29) is 5.78 Å². The summed E-state index contributed by atoms with van der Waals surface area (Å²) in [6.07, 6.45) is 3.55. The van der Waals surface area contributed by atoms with Gasteiger partial charge in [0.2, 0.25) is 0 Å². The summed E-state index contributed by atoms with van der Waals surface area (Å²) < 4.78 is 0. The lowest BCUT2D eigenvalue weighted by Crippen LogP contribution is -2.37. The summed E-state index contributed by atoms with van der Waals surface area (Å²) in [5, 5.41) is 0. The smallest absolute Gasteiger partial charge is 0.176 e. The quantitative estimate of drug-likeness (QED) is 0.759. The van der Waals surface area contributed by atoms with Crippen molar-refractivity contribution in [2.24, 2.45) is 5.92 Å². The molecule has 98 valence electrons. The summed E-state index contributed by atoms with van der Waals surface area (Å²) in [6, 6.07) is 8.06. The summed E-state index contributed by atoms with van der Waals surface area (Å²) >= 11 is 0. The van der Waals surface area contributed by atoms with Gasteiger partial charge in [-0.25, -0.2) is 0 Å². The molecule has 1 heterocycles. The summed E-state index contributed by atoms with van der Waals surface area (Å²) in [4.78, 5) is 14.5. The van der Waals surface area contributed by atoms with Crippen LogP contribution in [0.25, 0.3) is 0 Å². The number of rotatable bonds is 4. The van der Waals surface area contributed by atoms with Gasteiger partial charge in [-0.3, -0.25) is 9.69 Å². The fourth-order valence-electron chi connectivity index (χ4n) is 2.65. The Morgan fingerprint density at radius 3 is 2.67 bits per heavy atom. The highest BCUT2D eigenvalue weighted by molar-refractivity contribution is 5.97. The molecule has 1 aliphatic heterocycles. The van der Waals surface area contributed by atoms with E-state index in [1.54, 1.807) is 0 Å². The van der Waals surface area contributed by atoms with Crippen LogP contribution >= 0.6 is 0 Å². The minimum absolute atomic E-state index is 0.256. The van der Waals surface area contributed by atoms with E-state index < -0.39 is 0 Å². The molecule has 1 saturated heterocycles. The Morgan fingerprint density at radius 1 is 1.33 bits per heavy atom. The SMILES string of the molecule is CCc1ccc(C(=O)CN2CCCC(C)C2)cc1. The van der Waals surface area contributed by atoms with Crippen LogP contribution in [0.2, 0.25) is 0 Å². The van der Waals surface area contributed by atoms with Gasteiger partial charge in [-0.05, 0) is 37.3 Å². The van der Waals surface area contributed by atoms with Crippen LogP contribution in [0.4, 0.5) is 0 Å². The summed E-state index contributed by atoms with van der Waals surface area (Å²) in [6.45, 7) is 7.12. The average Bonchev–Trinajstić information content (AvgIpc) is 2.39. The first-order valence-electron chi connectivity index (χ1n) is 7.03. The number of Topliss-reactive ketones (excluding diaryl/α,β-unsaturated/α-hetero) is 1. The first-order valence-corrected chi connectivity index (χ1v) is 7.03. The zero-order valence-electron chi connectivity index (χ0n) is 11.5. The zero-order chi connectivity index (χ0) is 13.0. The van der Waals surface area contributed by atoms with Gasteiger partial charge >= 0.3 is 0 Å². The predicted octanol–water partition coefficient (Wildman–Crippen LogP) is 3.16. The van der Waals surface area contributed by atoms with Gasteiger partial charge in [0, 0.05) is 12.1 Å². The van der Waals surface area contributed by atoms with Crippen LogP contribution in [0, 0.1) is 5.92 Å². The van der Waals surface area contributed by atoms with E-state index in [1.807, 2.05) is 12.1 Å². The Labute approximate surface area is 110 Å². The molecule has 2 nitrogen and oxygen atoms in total. The zero-order valence-corrected chi connectivity index (χ0v) is 11.5. The molecular weight excluding hydrogens is 222 g/mol. The van der Waals surface area contributed by atoms with Gasteiger partial charge in [0.15, 0.2) is 5.78 Å². The second-order valence-electron chi connectivity index (χ2n) is 5.46. The van der Waals surface area contributed by atoms with Gasteiger partial charge < -0.3 is 0 Å². The molecule has 0 N–H and O–H groups in total. The highest BCUT2D eigenvalue weighted by Crippen LogP contribution is 2.16. The van der Waals surface area contributed by atoms with Crippen LogP contribution in [0.15, 0.2) is 24.3 Å². The fraction of sp³-hybridized carbons (Fsp3) is 0.562. The Hall–Kier alpha value is -1.15. The van der Waals surface area contributed by atoms with Crippen molar-refractivity contribution in [1.29, 1.82) is 0 Å². The molecular formula is C16H23NO. The average molecular weight is 245 g/mol. The lowest BCUT2D eigenvalue weighted by Gasteiger charge is -2.30. The minimum atomic E-state index is 0.256. The normalized spacial score (nSPS) is 20.9. The Kier molecular flexibility index (Phi) is 4.54. The van der Waals surface area contributed by atoms with Gasteiger partial charge in [-0.2, -0.15) is 0 Å². The second kappa shape index (κ2) is 6.14. The van der Waals surface area contributed by atoms with Gasteiger partial charge in [0.1, 0.15) is 0 Å². The number of hydrogen-bond donors (Lipinski definition) is 0.